The molecule has 4 rings (SSSR count). The van der Waals surface area contributed by atoms with E-state index in [2.05, 4.69) is 15.4 Å². The number of fused-ring (bicyclic) bond motifs is 3. The van der Waals surface area contributed by atoms with E-state index < -0.39 is 0 Å². The molecule has 1 amide bonds. The quantitative estimate of drug-likeness (QED) is 0.594. The van der Waals surface area contributed by atoms with Crippen LogP contribution in [-0.4, -0.2) is 20.7 Å². The van der Waals surface area contributed by atoms with Crippen LogP contribution in [0.15, 0.2) is 59.5 Å². The molecule has 25 heavy (non-hydrogen) atoms. The molecular formula is C18H13ClN4O2. The van der Waals surface area contributed by atoms with Crippen LogP contribution in [0.25, 0.3) is 21.8 Å². The first-order chi connectivity index (χ1) is 12.1. The number of nitrogens with one attached hydrogen (secondary N) is 2. The predicted molar refractivity (Wildman–Crippen MR) is 97.9 cm³/mol. The van der Waals surface area contributed by atoms with Crippen LogP contribution >= 0.6 is 11.6 Å². The van der Waals surface area contributed by atoms with Crippen LogP contribution in [0.1, 0.15) is 0 Å². The number of aromatic amines is 1. The second-order valence-corrected chi connectivity index (χ2v) is 6.00. The van der Waals surface area contributed by atoms with Gasteiger partial charge in [0.2, 0.25) is 5.91 Å². The summed E-state index contributed by atoms with van der Waals surface area (Å²) in [6, 6.07) is 14.5. The van der Waals surface area contributed by atoms with Crippen molar-refractivity contribution in [2.24, 2.45) is 0 Å². The Morgan fingerprint density at radius 1 is 1.12 bits per heavy atom. The Morgan fingerprint density at radius 2 is 1.88 bits per heavy atom. The number of H-pyrrole nitrogens is 1. The number of para-hydroxylation sites is 2. The molecule has 2 N–H and O–H groups in total. The van der Waals surface area contributed by atoms with E-state index in [-0.39, 0.29) is 18.0 Å². The third-order valence-corrected chi connectivity index (χ3v) is 4.29. The molecule has 0 aliphatic heterocycles. The van der Waals surface area contributed by atoms with Crippen LogP contribution in [0.3, 0.4) is 0 Å². The highest BCUT2D eigenvalue weighted by molar-refractivity contribution is 6.33. The van der Waals surface area contributed by atoms with Gasteiger partial charge in [0.05, 0.1) is 16.9 Å². The molecule has 0 saturated carbocycles. The summed E-state index contributed by atoms with van der Waals surface area (Å²) < 4.78 is 1.13. The number of aromatic nitrogens is 3. The zero-order chi connectivity index (χ0) is 17.4. The van der Waals surface area contributed by atoms with Crippen molar-refractivity contribution in [3.63, 3.8) is 0 Å². The van der Waals surface area contributed by atoms with E-state index in [0.29, 0.717) is 16.2 Å². The van der Waals surface area contributed by atoms with Gasteiger partial charge in [-0.3, -0.25) is 9.59 Å². The minimum Gasteiger partial charge on any atom is -0.350 e. The molecule has 0 bridgehead atoms. The summed E-state index contributed by atoms with van der Waals surface area (Å²) in [6.45, 7) is -0.199. The van der Waals surface area contributed by atoms with Gasteiger partial charge in [0.15, 0.2) is 0 Å². The second-order valence-electron chi connectivity index (χ2n) is 5.59. The molecule has 0 saturated heterocycles. The fourth-order valence-electron chi connectivity index (χ4n) is 2.78. The summed E-state index contributed by atoms with van der Waals surface area (Å²) in [6.07, 6.45) is 1.60. The smallest absolute Gasteiger partial charge is 0.291 e. The average molecular weight is 353 g/mol. The van der Waals surface area contributed by atoms with Crippen LogP contribution in [0.2, 0.25) is 5.02 Å². The molecule has 2 heterocycles. The average Bonchev–Trinajstić information content (AvgIpc) is 2.99. The fourth-order valence-corrected chi connectivity index (χ4v) is 2.96. The van der Waals surface area contributed by atoms with Gasteiger partial charge >= 0.3 is 0 Å². The fraction of sp³-hybridized carbons (Fsp3) is 0.0556. The summed E-state index contributed by atoms with van der Waals surface area (Å²) in [7, 11) is 0. The number of hydrogen-bond donors (Lipinski definition) is 2. The summed E-state index contributed by atoms with van der Waals surface area (Å²) >= 11 is 6.02. The van der Waals surface area contributed by atoms with E-state index in [4.69, 9.17) is 11.6 Å². The molecule has 0 aliphatic carbocycles. The molecule has 0 unspecified atom stereocenters. The molecule has 7 heteroatoms. The summed E-state index contributed by atoms with van der Waals surface area (Å²) in [4.78, 5) is 27.9. The van der Waals surface area contributed by atoms with Crippen molar-refractivity contribution < 1.29 is 4.79 Å². The van der Waals surface area contributed by atoms with Gasteiger partial charge in [-0.05, 0) is 18.2 Å². The van der Waals surface area contributed by atoms with Crippen molar-refractivity contribution >= 4 is 45.0 Å². The van der Waals surface area contributed by atoms with E-state index in [1.54, 1.807) is 30.5 Å². The molecule has 2 aromatic carbocycles. The van der Waals surface area contributed by atoms with Crippen LogP contribution < -0.4 is 10.9 Å². The van der Waals surface area contributed by atoms with Gasteiger partial charge in [-0.15, -0.1) is 0 Å². The molecule has 4 aromatic rings. The Labute approximate surface area is 147 Å². The maximum atomic E-state index is 12.6. The van der Waals surface area contributed by atoms with Gasteiger partial charge in [0.1, 0.15) is 12.1 Å². The Bertz CT molecular complexity index is 1160. The maximum Gasteiger partial charge on any atom is 0.291 e. The molecule has 0 aliphatic rings. The summed E-state index contributed by atoms with van der Waals surface area (Å²) in [5, 5.41) is 8.90. The Morgan fingerprint density at radius 3 is 2.72 bits per heavy atom. The monoisotopic (exact) mass is 352 g/mol. The Kier molecular flexibility index (Phi) is 3.74. The number of rotatable bonds is 3. The lowest BCUT2D eigenvalue weighted by atomic mass is 10.2. The van der Waals surface area contributed by atoms with E-state index in [9.17, 15) is 9.59 Å². The Balaban J connectivity index is 1.67. The molecule has 124 valence electrons. The van der Waals surface area contributed by atoms with E-state index in [1.807, 2.05) is 24.3 Å². The maximum absolute atomic E-state index is 12.6. The van der Waals surface area contributed by atoms with Crippen molar-refractivity contribution in [1.82, 2.24) is 14.8 Å². The molecule has 0 atom stereocenters. The van der Waals surface area contributed by atoms with Crippen LogP contribution in [0, 0.1) is 0 Å². The molecule has 6 nitrogen and oxygen atoms in total. The van der Waals surface area contributed by atoms with E-state index in [1.165, 1.54) is 0 Å². The standard InChI is InChI=1S/C18H13ClN4O2/c19-13-6-2-4-8-15(13)21-16(24)10-23-18(25)17-12(9-20-23)11-5-1-3-7-14(11)22-17/h1-9,22H,10H2,(H,21,24). The van der Waals surface area contributed by atoms with Crippen molar-refractivity contribution in [2.75, 3.05) is 5.32 Å². The summed E-state index contributed by atoms with van der Waals surface area (Å²) in [5.41, 5.74) is 1.44. The highest BCUT2D eigenvalue weighted by atomic mass is 35.5. The van der Waals surface area contributed by atoms with Gasteiger partial charge in [-0.25, -0.2) is 4.68 Å². The number of benzene rings is 2. The van der Waals surface area contributed by atoms with E-state index >= 15 is 0 Å². The van der Waals surface area contributed by atoms with Crippen LogP contribution in [0.5, 0.6) is 0 Å². The first-order valence-electron chi connectivity index (χ1n) is 7.64. The van der Waals surface area contributed by atoms with Crippen LogP contribution in [0.4, 0.5) is 5.69 Å². The van der Waals surface area contributed by atoms with Crippen molar-refractivity contribution in [1.29, 1.82) is 0 Å². The number of carbonyl (C=O) groups excluding carboxylic acids is 1. The zero-order valence-corrected chi connectivity index (χ0v) is 13.7. The zero-order valence-electron chi connectivity index (χ0n) is 13.0. The number of halogens is 1. The van der Waals surface area contributed by atoms with Crippen molar-refractivity contribution in [3.8, 4) is 0 Å². The minimum absolute atomic E-state index is 0.199. The van der Waals surface area contributed by atoms with Crippen LogP contribution in [-0.2, 0) is 11.3 Å². The SMILES string of the molecule is O=C(Cn1ncc2c([nH]c3ccccc32)c1=O)Nc1ccccc1Cl. The number of carbonyl (C=O) groups is 1. The normalized spacial score (nSPS) is 11.1. The first-order valence-corrected chi connectivity index (χ1v) is 8.02. The third kappa shape index (κ3) is 2.77. The molecular weight excluding hydrogens is 340 g/mol. The lowest BCUT2D eigenvalue weighted by Gasteiger charge is -2.08. The minimum atomic E-state index is -0.377. The molecule has 0 spiro atoms. The van der Waals surface area contributed by atoms with E-state index in [0.717, 1.165) is 21.0 Å². The van der Waals surface area contributed by atoms with Gasteiger partial charge < -0.3 is 10.3 Å². The van der Waals surface area contributed by atoms with Gasteiger partial charge in [0, 0.05) is 16.3 Å². The number of anilines is 1. The molecule has 0 fully saturated rings. The van der Waals surface area contributed by atoms with Gasteiger partial charge in [-0.2, -0.15) is 5.10 Å². The molecule has 2 aromatic heterocycles. The van der Waals surface area contributed by atoms with Gasteiger partial charge in [-0.1, -0.05) is 41.9 Å². The largest absolute Gasteiger partial charge is 0.350 e. The lowest BCUT2D eigenvalue weighted by Crippen LogP contribution is -2.29. The highest BCUT2D eigenvalue weighted by Gasteiger charge is 2.13. The number of hydrogen-bond acceptors (Lipinski definition) is 3. The highest BCUT2D eigenvalue weighted by Crippen LogP contribution is 2.22. The molecule has 0 radical (unpaired) electrons. The number of nitrogens with zero attached hydrogens (tertiary/aromatic N) is 2. The Hall–Kier alpha value is -3.12. The predicted octanol–water partition coefficient (Wildman–Crippen LogP) is 3.17. The topological polar surface area (TPSA) is 79.8 Å². The third-order valence-electron chi connectivity index (χ3n) is 3.96. The lowest BCUT2D eigenvalue weighted by molar-refractivity contribution is -0.117. The summed E-state index contributed by atoms with van der Waals surface area (Å²) in [5.74, 6) is -0.377. The van der Waals surface area contributed by atoms with Crippen molar-refractivity contribution in [2.45, 2.75) is 6.54 Å². The van der Waals surface area contributed by atoms with Crippen molar-refractivity contribution in [3.05, 3.63) is 70.1 Å². The second kappa shape index (κ2) is 6.07. The number of amides is 1. The first kappa shape index (κ1) is 15.4. The van der Waals surface area contributed by atoms with Gasteiger partial charge in [0.25, 0.3) is 5.56 Å².